The lowest BCUT2D eigenvalue weighted by atomic mass is 10.3. The summed E-state index contributed by atoms with van der Waals surface area (Å²) in [6, 6.07) is 9.59. The molecule has 0 fully saturated rings. The second-order valence-electron chi connectivity index (χ2n) is 3.01. The molecule has 0 spiro atoms. The number of hydrogen-bond donors (Lipinski definition) is 0. The lowest BCUT2D eigenvalue weighted by Gasteiger charge is -1.91. The van der Waals surface area contributed by atoms with Crippen molar-refractivity contribution in [2.45, 2.75) is 0 Å². The highest BCUT2D eigenvalue weighted by Gasteiger charge is 2.02. The van der Waals surface area contributed by atoms with Gasteiger partial charge in [-0.15, -0.1) is 11.3 Å². The first-order chi connectivity index (χ1) is 6.84. The molecule has 2 heterocycles. The number of aromatic nitrogens is 2. The van der Waals surface area contributed by atoms with Crippen molar-refractivity contribution in [2.24, 2.45) is 0 Å². The third-order valence-electron chi connectivity index (χ3n) is 2.12. The van der Waals surface area contributed by atoms with Gasteiger partial charge in [0.25, 0.3) is 5.56 Å². The molecule has 0 N–H and O–H groups in total. The predicted molar refractivity (Wildman–Crippen MR) is 56.8 cm³/mol. The van der Waals surface area contributed by atoms with Gasteiger partial charge in [0.2, 0.25) is 0 Å². The van der Waals surface area contributed by atoms with Crippen LogP contribution < -0.4 is 5.56 Å². The summed E-state index contributed by atoms with van der Waals surface area (Å²) < 4.78 is 3.10. The second kappa shape index (κ2) is 2.65. The summed E-state index contributed by atoms with van der Waals surface area (Å²) in [5.41, 5.74) is 0.913. The van der Waals surface area contributed by atoms with Crippen LogP contribution in [0, 0.1) is 0 Å². The minimum Gasteiger partial charge on any atom is -0.290 e. The molecule has 0 unspecified atom stereocenters. The maximum Gasteiger partial charge on any atom is 0.274 e. The van der Waals surface area contributed by atoms with Crippen LogP contribution in [-0.2, 0) is 0 Å². The maximum absolute atomic E-state index is 11.0. The molecule has 4 heteroatoms. The van der Waals surface area contributed by atoms with Crippen molar-refractivity contribution in [1.82, 2.24) is 9.38 Å². The molecule has 0 bridgehead atoms. The second-order valence-corrected chi connectivity index (χ2v) is 4.07. The fraction of sp³-hybridized carbons (Fsp3) is 0. The van der Waals surface area contributed by atoms with Crippen molar-refractivity contribution in [2.75, 3.05) is 0 Å². The highest BCUT2D eigenvalue weighted by Crippen LogP contribution is 2.24. The Morgan fingerprint density at radius 1 is 1.29 bits per heavy atom. The Bertz CT molecular complexity index is 668. The number of para-hydroxylation sites is 1. The summed E-state index contributed by atoms with van der Waals surface area (Å²) >= 11 is 1.60. The maximum atomic E-state index is 11.0. The van der Waals surface area contributed by atoms with Crippen LogP contribution in [0.5, 0.6) is 0 Å². The smallest absolute Gasteiger partial charge is 0.274 e. The first-order valence-corrected chi connectivity index (χ1v) is 5.02. The van der Waals surface area contributed by atoms with Gasteiger partial charge in [-0.3, -0.25) is 9.20 Å². The number of rotatable bonds is 0. The normalized spacial score (nSPS) is 11.1. The van der Waals surface area contributed by atoms with Crippen molar-refractivity contribution in [3.8, 4) is 0 Å². The number of benzene rings is 1. The highest BCUT2D eigenvalue weighted by molar-refractivity contribution is 7.23. The lowest BCUT2D eigenvalue weighted by molar-refractivity contribution is 1.10. The average molecular weight is 202 g/mol. The predicted octanol–water partition coefficient (Wildman–Crippen LogP) is 1.91. The molecule has 0 saturated heterocycles. The van der Waals surface area contributed by atoms with Crippen LogP contribution in [0.1, 0.15) is 0 Å². The van der Waals surface area contributed by atoms with Gasteiger partial charge >= 0.3 is 0 Å². The molecule has 0 aliphatic carbocycles. The van der Waals surface area contributed by atoms with Gasteiger partial charge in [0.05, 0.1) is 10.2 Å². The molecular weight excluding hydrogens is 196 g/mol. The van der Waals surface area contributed by atoms with Crippen LogP contribution in [-0.4, -0.2) is 9.38 Å². The lowest BCUT2D eigenvalue weighted by Crippen LogP contribution is -2.04. The van der Waals surface area contributed by atoms with Gasteiger partial charge in [-0.25, -0.2) is 0 Å². The Balaban J connectivity index is 2.63. The van der Waals surface area contributed by atoms with Crippen LogP contribution in [0.3, 0.4) is 0 Å². The van der Waals surface area contributed by atoms with Crippen molar-refractivity contribution in [1.29, 1.82) is 0 Å². The van der Waals surface area contributed by atoms with Crippen molar-refractivity contribution < 1.29 is 0 Å². The van der Waals surface area contributed by atoms with Crippen LogP contribution >= 0.6 is 11.3 Å². The van der Waals surface area contributed by atoms with Gasteiger partial charge in [0, 0.05) is 6.07 Å². The molecule has 14 heavy (non-hydrogen) atoms. The van der Waals surface area contributed by atoms with Crippen LogP contribution in [0.4, 0.5) is 0 Å². The molecule has 0 radical (unpaired) electrons. The first-order valence-electron chi connectivity index (χ1n) is 4.20. The van der Waals surface area contributed by atoms with E-state index in [1.165, 1.54) is 4.70 Å². The molecule has 3 nitrogen and oxygen atoms in total. The third kappa shape index (κ3) is 0.975. The molecular formula is C10H6N2OS. The van der Waals surface area contributed by atoms with E-state index in [2.05, 4.69) is 4.98 Å². The summed E-state index contributed by atoms with van der Waals surface area (Å²) in [7, 11) is 0. The van der Waals surface area contributed by atoms with Crippen LogP contribution in [0.15, 0.2) is 41.5 Å². The molecule has 0 amide bonds. The summed E-state index contributed by atoms with van der Waals surface area (Å²) in [5.74, 6) is 0. The zero-order valence-electron chi connectivity index (χ0n) is 7.18. The molecule has 3 aromatic rings. The third-order valence-corrected chi connectivity index (χ3v) is 3.21. The molecule has 0 aliphatic rings. The van der Waals surface area contributed by atoms with Crippen molar-refractivity contribution >= 4 is 26.4 Å². The molecule has 68 valence electrons. The first kappa shape index (κ1) is 7.70. The SMILES string of the molecule is O=c1cc2sc3ccccc3n2cn1. The molecule has 0 aliphatic heterocycles. The monoisotopic (exact) mass is 202 g/mol. The summed E-state index contributed by atoms with van der Waals surface area (Å²) in [5, 5.41) is 0. The Morgan fingerprint density at radius 3 is 3.07 bits per heavy atom. The largest absolute Gasteiger partial charge is 0.290 e. The number of hydrogen-bond acceptors (Lipinski definition) is 3. The Hall–Kier alpha value is -1.68. The fourth-order valence-corrected chi connectivity index (χ4v) is 2.55. The Labute approximate surface area is 83.3 Å². The van der Waals surface area contributed by atoms with E-state index in [4.69, 9.17) is 0 Å². The van der Waals surface area contributed by atoms with Gasteiger partial charge in [0.1, 0.15) is 11.2 Å². The molecule has 3 rings (SSSR count). The van der Waals surface area contributed by atoms with E-state index < -0.39 is 0 Å². The van der Waals surface area contributed by atoms with Gasteiger partial charge in [-0.05, 0) is 12.1 Å². The van der Waals surface area contributed by atoms with Crippen LogP contribution in [0.25, 0.3) is 15.0 Å². The van der Waals surface area contributed by atoms with Gasteiger partial charge in [-0.2, -0.15) is 4.98 Å². The van der Waals surface area contributed by atoms with Crippen molar-refractivity contribution in [3.63, 3.8) is 0 Å². The van der Waals surface area contributed by atoms with E-state index in [0.29, 0.717) is 0 Å². The molecule has 1 aromatic carbocycles. The minimum absolute atomic E-state index is 0.184. The molecule has 2 aromatic heterocycles. The zero-order valence-corrected chi connectivity index (χ0v) is 7.99. The van der Waals surface area contributed by atoms with E-state index in [9.17, 15) is 4.79 Å². The standard InChI is InChI=1S/C10H6N2OS/c13-9-5-10-12(6-11-9)7-3-1-2-4-8(7)14-10/h1-6H. The number of nitrogens with zero attached hydrogens (tertiary/aromatic N) is 2. The van der Waals surface area contributed by atoms with Crippen molar-refractivity contribution in [3.05, 3.63) is 47.0 Å². The topological polar surface area (TPSA) is 34.4 Å². The fourth-order valence-electron chi connectivity index (χ4n) is 1.50. The number of fused-ring (bicyclic) bond motifs is 3. The van der Waals surface area contributed by atoms with Gasteiger partial charge in [-0.1, -0.05) is 12.1 Å². The van der Waals surface area contributed by atoms with E-state index in [0.717, 1.165) is 10.3 Å². The van der Waals surface area contributed by atoms with E-state index in [1.807, 2.05) is 28.7 Å². The summed E-state index contributed by atoms with van der Waals surface area (Å²) in [6.45, 7) is 0. The number of thiazole rings is 1. The molecule has 0 saturated carbocycles. The van der Waals surface area contributed by atoms with Gasteiger partial charge < -0.3 is 0 Å². The average Bonchev–Trinajstić information content (AvgIpc) is 2.54. The van der Waals surface area contributed by atoms with E-state index in [-0.39, 0.29) is 5.56 Å². The highest BCUT2D eigenvalue weighted by atomic mass is 32.1. The van der Waals surface area contributed by atoms with Crippen LogP contribution in [0.2, 0.25) is 0 Å². The Kier molecular flexibility index (Phi) is 1.46. The quantitative estimate of drug-likeness (QED) is 0.558. The zero-order chi connectivity index (χ0) is 9.54. The Morgan fingerprint density at radius 2 is 2.14 bits per heavy atom. The van der Waals surface area contributed by atoms with E-state index in [1.54, 1.807) is 23.7 Å². The summed E-state index contributed by atoms with van der Waals surface area (Å²) in [6.07, 6.45) is 1.58. The van der Waals surface area contributed by atoms with E-state index >= 15 is 0 Å². The summed E-state index contributed by atoms with van der Waals surface area (Å²) in [4.78, 5) is 15.7. The molecule has 0 atom stereocenters. The van der Waals surface area contributed by atoms with Gasteiger partial charge in [0.15, 0.2) is 0 Å². The minimum atomic E-state index is -0.184.